The van der Waals surface area contributed by atoms with Crippen molar-refractivity contribution in [1.82, 2.24) is 9.97 Å². The molecule has 3 N–H and O–H groups in total. The van der Waals surface area contributed by atoms with Crippen LogP contribution in [0.2, 0.25) is 0 Å². The Kier molecular flexibility index (Phi) is 3.39. The predicted molar refractivity (Wildman–Crippen MR) is 42.3 cm³/mol. The van der Waals surface area contributed by atoms with Crippen LogP contribution < -0.4 is 5.73 Å². The predicted octanol–water partition coefficient (Wildman–Crippen LogP) is -0.250. The van der Waals surface area contributed by atoms with Crippen LogP contribution >= 0.6 is 0 Å². The van der Waals surface area contributed by atoms with Crippen molar-refractivity contribution in [2.75, 3.05) is 6.86 Å². The van der Waals surface area contributed by atoms with E-state index in [2.05, 4.69) is 14.7 Å². The second kappa shape index (κ2) is 4.56. The van der Waals surface area contributed by atoms with Crippen LogP contribution in [0.1, 0.15) is 5.69 Å². The van der Waals surface area contributed by atoms with Crippen LogP contribution in [0, 0.1) is 0 Å². The van der Waals surface area contributed by atoms with Crippen molar-refractivity contribution in [2.24, 2.45) is 5.73 Å². The number of hydrogen-bond acceptors (Lipinski definition) is 4. The number of nitrogens with one attached hydrogen (secondary N) is 1. The molecule has 0 fully saturated rings. The van der Waals surface area contributed by atoms with Crippen molar-refractivity contribution in [3.05, 3.63) is 18.2 Å². The van der Waals surface area contributed by atoms with Gasteiger partial charge in [-0.15, -0.1) is 0 Å². The van der Waals surface area contributed by atoms with E-state index < -0.39 is 18.9 Å². The van der Waals surface area contributed by atoms with Gasteiger partial charge in [0.1, 0.15) is 6.04 Å². The summed E-state index contributed by atoms with van der Waals surface area (Å²) in [6.45, 7) is -1.14. The highest BCUT2D eigenvalue weighted by molar-refractivity contribution is 5.75. The Hall–Kier alpha value is -1.43. The van der Waals surface area contributed by atoms with Crippen molar-refractivity contribution in [3.8, 4) is 0 Å². The maximum Gasteiger partial charge on any atom is 0.325 e. The monoisotopic (exact) mass is 187 g/mol. The van der Waals surface area contributed by atoms with Crippen LogP contribution in [0.3, 0.4) is 0 Å². The number of rotatable bonds is 4. The molecule has 0 aromatic carbocycles. The summed E-state index contributed by atoms with van der Waals surface area (Å²) in [6, 6.07) is -0.851. The normalized spacial score (nSPS) is 12.5. The first kappa shape index (κ1) is 9.66. The summed E-state index contributed by atoms with van der Waals surface area (Å²) in [7, 11) is 0. The van der Waals surface area contributed by atoms with Gasteiger partial charge in [-0.1, -0.05) is 0 Å². The number of H-pyrrole nitrogens is 1. The third-order valence-electron chi connectivity index (χ3n) is 1.49. The van der Waals surface area contributed by atoms with E-state index in [1.165, 1.54) is 6.33 Å². The molecule has 0 bridgehead atoms. The molecule has 1 aromatic heterocycles. The van der Waals surface area contributed by atoms with E-state index in [1.54, 1.807) is 6.20 Å². The maximum absolute atomic E-state index is 11.6. The number of esters is 1. The number of halogens is 1. The van der Waals surface area contributed by atoms with Gasteiger partial charge in [0, 0.05) is 18.3 Å². The largest absolute Gasteiger partial charge is 0.433 e. The Morgan fingerprint density at radius 3 is 3.15 bits per heavy atom. The first-order chi connectivity index (χ1) is 6.24. The van der Waals surface area contributed by atoms with Crippen molar-refractivity contribution < 1.29 is 13.9 Å². The number of hydrogen-bond donors (Lipinski definition) is 2. The number of carbonyl (C=O) groups excluding carboxylic acids is 1. The van der Waals surface area contributed by atoms with Crippen molar-refractivity contribution in [2.45, 2.75) is 12.5 Å². The molecule has 72 valence electrons. The molecule has 6 heteroatoms. The summed E-state index contributed by atoms with van der Waals surface area (Å²) < 4.78 is 15.7. The van der Waals surface area contributed by atoms with Crippen molar-refractivity contribution in [3.63, 3.8) is 0 Å². The lowest BCUT2D eigenvalue weighted by atomic mass is 10.2. The van der Waals surface area contributed by atoms with Gasteiger partial charge in [0.05, 0.1) is 6.33 Å². The lowest BCUT2D eigenvalue weighted by Gasteiger charge is -2.07. The van der Waals surface area contributed by atoms with Crippen LogP contribution in [0.5, 0.6) is 0 Å². The zero-order valence-corrected chi connectivity index (χ0v) is 6.87. The van der Waals surface area contributed by atoms with Gasteiger partial charge in [-0.3, -0.25) is 4.79 Å². The highest BCUT2D eigenvalue weighted by atomic mass is 19.1. The topological polar surface area (TPSA) is 81.0 Å². The van der Waals surface area contributed by atoms with E-state index >= 15 is 0 Å². The van der Waals surface area contributed by atoms with Crippen LogP contribution in [0.4, 0.5) is 4.39 Å². The Morgan fingerprint density at radius 1 is 1.85 bits per heavy atom. The third-order valence-corrected chi connectivity index (χ3v) is 1.49. The quantitative estimate of drug-likeness (QED) is 0.637. The number of aromatic nitrogens is 2. The summed E-state index contributed by atoms with van der Waals surface area (Å²) in [5.74, 6) is -0.753. The highest BCUT2D eigenvalue weighted by Crippen LogP contribution is 1.97. The molecule has 0 saturated heterocycles. The number of nitrogens with zero attached hydrogens (tertiary/aromatic N) is 1. The van der Waals surface area contributed by atoms with Gasteiger partial charge in [-0.2, -0.15) is 0 Å². The number of alkyl halides is 1. The summed E-state index contributed by atoms with van der Waals surface area (Å²) in [5.41, 5.74) is 6.12. The van der Waals surface area contributed by atoms with Gasteiger partial charge >= 0.3 is 5.97 Å². The van der Waals surface area contributed by atoms with Gasteiger partial charge in [-0.05, 0) is 0 Å². The molecular weight excluding hydrogens is 177 g/mol. The van der Waals surface area contributed by atoms with E-state index in [-0.39, 0.29) is 6.42 Å². The summed E-state index contributed by atoms with van der Waals surface area (Å²) in [4.78, 5) is 17.4. The molecule has 0 radical (unpaired) electrons. The number of imidazole rings is 1. The number of aromatic amines is 1. The van der Waals surface area contributed by atoms with Crippen LogP contribution in [0.15, 0.2) is 12.5 Å². The van der Waals surface area contributed by atoms with Gasteiger partial charge in [0.2, 0.25) is 6.86 Å². The minimum Gasteiger partial charge on any atom is -0.433 e. The van der Waals surface area contributed by atoms with Gasteiger partial charge in [0.15, 0.2) is 0 Å². The first-order valence-electron chi connectivity index (χ1n) is 3.69. The second-order valence-corrected chi connectivity index (χ2v) is 2.46. The Bertz CT molecular complexity index is 263. The third kappa shape index (κ3) is 2.83. The standard InChI is InChI=1S/C7H10FN3O2/c8-3-13-7(12)6(9)1-5-2-10-4-11-5/h2,4,6H,1,3,9H2,(H,10,11). The maximum atomic E-state index is 11.6. The molecule has 1 atom stereocenters. The van der Waals surface area contributed by atoms with Crippen molar-refractivity contribution >= 4 is 5.97 Å². The summed E-state index contributed by atoms with van der Waals surface area (Å²) in [5, 5.41) is 0. The molecule has 0 saturated carbocycles. The van der Waals surface area contributed by atoms with E-state index in [1.807, 2.05) is 0 Å². The Morgan fingerprint density at radius 2 is 2.62 bits per heavy atom. The molecule has 0 aliphatic carbocycles. The Balaban J connectivity index is 2.41. The van der Waals surface area contributed by atoms with Gasteiger partial charge < -0.3 is 15.5 Å². The minimum atomic E-state index is -1.14. The average molecular weight is 187 g/mol. The molecule has 1 rings (SSSR count). The molecule has 13 heavy (non-hydrogen) atoms. The lowest BCUT2D eigenvalue weighted by Crippen LogP contribution is -2.34. The minimum absolute atomic E-state index is 0.263. The molecule has 0 spiro atoms. The van der Waals surface area contributed by atoms with E-state index in [9.17, 15) is 9.18 Å². The smallest absolute Gasteiger partial charge is 0.325 e. The van der Waals surface area contributed by atoms with Crippen molar-refractivity contribution in [1.29, 1.82) is 0 Å². The number of nitrogens with two attached hydrogens (primary N) is 1. The van der Waals surface area contributed by atoms with Gasteiger partial charge in [-0.25, -0.2) is 9.37 Å². The number of ether oxygens (including phenoxy) is 1. The molecule has 0 amide bonds. The fraction of sp³-hybridized carbons (Fsp3) is 0.429. The SMILES string of the molecule is NC(Cc1cnc[nH]1)C(=O)OCF. The second-order valence-electron chi connectivity index (χ2n) is 2.46. The fourth-order valence-corrected chi connectivity index (χ4v) is 0.877. The zero-order valence-electron chi connectivity index (χ0n) is 6.87. The van der Waals surface area contributed by atoms with Gasteiger partial charge in [0.25, 0.3) is 0 Å². The van der Waals surface area contributed by atoms with Crippen LogP contribution in [0.25, 0.3) is 0 Å². The molecule has 5 nitrogen and oxygen atoms in total. The van der Waals surface area contributed by atoms with E-state index in [0.29, 0.717) is 5.69 Å². The molecule has 1 aromatic rings. The lowest BCUT2D eigenvalue weighted by molar-refractivity contribution is -0.149. The van der Waals surface area contributed by atoms with E-state index in [0.717, 1.165) is 0 Å². The first-order valence-corrected chi connectivity index (χ1v) is 3.69. The zero-order chi connectivity index (χ0) is 9.68. The molecule has 0 aliphatic heterocycles. The summed E-state index contributed by atoms with van der Waals surface area (Å²) >= 11 is 0. The number of carbonyl (C=O) groups is 1. The van der Waals surface area contributed by atoms with Crippen LogP contribution in [-0.4, -0.2) is 28.8 Å². The highest BCUT2D eigenvalue weighted by Gasteiger charge is 2.15. The average Bonchev–Trinajstić information content (AvgIpc) is 2.57. The molecule has 0 aliphatic rings. The van der Waals surface area contributed by atoms with Crippen LogP contribution in [-0.2, 0) is 16.0 Å². The molecule has 1 heterocycles. The molecular formula is C7H10FN3O2. The van der Waals surface area contributed by atoms with E-state index in [4.69, 9.17) is 5.73 Å². The summed E-state index contributed by atoms with van der Waals surface area (Å²) in [6.07, 6.45) is 3.28. The fourth-order valence-electron chi connectivity index (χ4n) is 0.877. The Labute approximate surface area is 74.1 Å². The molecule has 1 unspecified atom stereocenters.